The van der Waals surface area contributed by atoms with Gasteiger partial charge in [-0.05, 0) is 13.3 Å². The number of aliphatic hydroxyl groups excluding tert-OH is 2. The van der Waals surface area contributed by atoms with Gasteiger partial charge in [-0.3, -0.25) is 0 Å². The van der Waals surface area contributed by atoms with Gasteiger partial charge in [-0.2, -0.15) is 0 Å². The molecule has 0 bridgehead atoms. The molecule has 0 fully saturated rings. The molecule has 0 aromatic heterocycles. The maximum absolute atomic E-state index is 9.29. The maximum Gasteiger partial charge on any atom is 0.101 e. The lowest BCUT2D eigenvalue weighted by Gasteiger charge is -2.14. The van der Waals surface area contributed by atoms with Crippen molar-refractivity contribution in [3.8, 4) is 0 Å². The van der Waals surface area contributed by atoms with Gasteiger partial charge in [0.1, 0.15) is 6.10 Å². The summed E-state index contributed by atoms with van der Waals surface area (Å²) in [5, 5.41) is 17.9. The topological polar surface area (TPSA) is 58.9 Å². The second kappa shape index (κ2) is 8.44. The Hall–Kier alpha value is -0.160. The van der Waals surface area contributed by atoms with Crippen molar-refractivity contribution in [2.45, 2.75) is 32.5 Å². The summed E-state index contributed by atoms with van der Waals surface area (Å²) in [6.07, 6.45) is 0.127. The summed E-state index contributed by atoms with van der Waals surface area (Å²) in [7, 11) is 0. The molecule has 0 heterocycles. The Bertz CT molecular complexity index is 108. The van der Waals surface area contributed by atoms with Crippen molar-refractivity contribution in [3.05, 3.63) is 0 Å². The first-order valence-electron chi connectivity index (χ1n) is 4.69. The SMILES string of the molecule is CCCOCC(O)COC(C)CO. The smallest absolute Gasteiger partial charge is 0.101 e. The highest BCUT2D eigenvalue weighted by molar-refractivity contribution is 4.53. The average Bonchev–Trinajstić information content (AvgIpc) is 2.14. The highest BCUT2D eigenvalue weighted by Crippen LogP contribution is 1.93. The molecule has 0 aromatic carbocycles. The van der Waals surface area contributed by atoms with Gasteiger partial charge < -0.3 is 19.7 Å². The van der Waals surface area contributed by atoms with E-state index in [-0.39, 0.29) is 19.3 Å². The van der Waals surface area contributed by atoms with E-state index < -0.39 is 6.10 Å². The molecule has 4 nitrogen and oxygen atoms in total. The van der Waals surface area contributed by atoms with Crippen LogP contribution in [0.4, 0.5) is 0 Å². The highest BCUT2D eigenvalue weighted by Gasteiger charge is 2.06. The number of hydrogen-bond acceptors (Lipinski definition) is 4. The van der Waals surface area contributed by atoms with Crippen LogP contribution in [0, 0.1) is 0 Å². The Morgan fingerprint density at radius 1 is 1.31 bits per heavy atom. The zero-order valence-corrected chi connectivity index (χ0v) is 8.40. The maximum atomic E-state index is 9.29. The van der Waals surface area contributed by atoms with E-state index in [9.17, 15) is 5.11 Å². The van der Waals surface area contributed by atoms with Crippen molar-refractivity contribution in [2.24, 2.45) is 0 Å². The van der Waals surface area contributed by atoms with Gasteiger partial charge in [0.25, 0.3) is 0 Å². The van der Waals surface area contributed by atoms with Crippen LogP contribution in [-0.4, -0.2) is 48.8 Å². The zero-order chi connectivity index (χ0) is 10.1. The van der Waals surface area contributed by atoms with E-state index in [0.29, 0.717) is 13.2 Å². The summed E-state index contributed by atoms with van der Waals surface area (Å²) < 4.78 is 10.2. The Balaban J connectivity index is 3.24. The molecular formula is C9H20O4. The monoisotopic (exact) mass is 192 g/mol. The van der Waals surface area contributed by atoms with Crippen LogP contribution in [0.1, 0.15) is 20.3 Å². The van der Waals surface area contributed by atoms with E-state index in [1.165, 1.54) is 0 Å². The van der Waals surface area contributed by atoms with Crippen LogP contribution < -0.4 is 0 Å². The fourth-order valence-electron chi connectivity index (χ4n) is 0.740. The van der Waals surface area contributed by atoms with Gasteiger partial charge in [0.2, 0.25) is 0 Å². The van der Waals surface area contributed by atoms with Crippen molar-refractivity contribution in [3.63, 3.8) is 0 Å². The second-order valence-electron chi connectivity index (χ2n) is 3.06. The van der Waals surface area contributed by atoms with Gasteiger partial charge in [-0.15, -0.1) is 0 Å². The van der Waals surface area contributed by atoms with Crippen LogP contribution in [-0.2, 0) is 9.47 Å². The van der Waals surface area contributed by atoms with Crippen molar-refractivity contribution < 1.29 is 19.7 Å². The molecule has 2 atom stereocenters. The molecule has 0 radical (unpaired) electrons. The number of ether oxygens (including phenoxy) is 2. The van der Waals surface area contributed by atoms with Gasteiger partial charge in [0, 0.05) is 6.61 Å². The first kappa shape index (κ1) is 12.8. The Morgan fingerprint density at radius 3 is 2.54 bits per heavy atom. The lowest BCUT2D eigenvalue weighted by atomic mass is 10.4. The van der Waals surface area contributed by atoms with Crippen LogP contribution in [0.25, 0.3) is 0 Å². The van der Waals surface area contributed by atoms with E-state index in [2.05, 4.69) is 0 Å². The van der Waals surface area contributed by atoms with Crippen LogP contribution >= 0.6 is 0 Å². The standard InChI is InChI=1S/C9H20O4/c1-3-4-12-6-9(11)7-13-8(2)5-10/h8-11H,3-7H2,1-2H3. The van der Waals surface area contributed by atoms with Crippen molar-refractivity contribution >= 4 is 0 Å². The largest absolute Gasteiger partial charge is 0.394 e. The molecule has 0 spiro atoms. The zero-order valence-electron chi connectivity index (χ0n) is 8.40. The van der Waals surface area contributed by atoms with Gasteiger partial charge >= 0.3 is 0 Å². The Labute approximate surface area is 79.5 Å². The fraction of sp³-hybridized carbons (Fsp3) is 1.00. The van der Waals surface area contributed by atoms with Gasteiger partial charge in [0.05, 0.1) is 25.9 Å². The molecule has 0 aliphatic carbocycles. The molecule has 0 aromatic rings. The molecule has 0 saturated carbocycles. The van der Waals surface area contributed by atoms with Crippen LogP contribution in [0.5, 0.6) is 0 Å². The second-order valence-corrected chi connectivity index (χ2v) is 3.06. The summed E-state index contributed by atoms with van der Waals surface area (Å²) in [5.41, 5.74) is 0. The molecule has 2 unspecified atom stereocenters. The lowest BCUT2D eigenvalue weighted by Crippen LogP contribution is -2.26. The molecule has 80 valence electrons. The van der Waals surface area contributed by atoms with Crippen molar-refractivity contribution in [2.75, 3.05) is 26.4 Å². The number of hydrogen-bond donors (Lipinski definition) is 2. The van der Waals surface area contributed by atoms with Gasteiger partial charge in [-0.25, -0.2) is 0 Å². The van der Waals surface area contributed by atoms with Crippen molar-refractivity contribution in [1.29, 1.82) is 0 Å². The number of aliphatic hydroxyl groups is 2. The van der Waals surface area contributed by atoms with Gasteiger partial charge in [0.15, 0.2) is 0 Å². The summed E-state index contributed by atoms with van der Waals surface area (Å²) in [6, 6.07) is 0. The van der Waals surface area contributed by atoms with E-state index in [1.54, 1.807) is 6.92 Å². The Morgan fingerprint density at radius 2 is 2.00 bits per heavy atom. The minimum Gasteiger partial charge on any atom is -0.394 e. The van der Waals surface area contributed by atoms with E-state index in [4.69, 9.17) is 14.6 Å². The summed E-state index contributed by atoms with van der Waals surface area (Å²) in [5.74, 6) is 0. The third kappa shape index (κ3) is 8.18. The third-order valence-electron chi connectivity index (χ3n) is 1.49. The normalized spacial score (nSPS) is 15.7. The predicted molar refractivity (Wildman–Crippen MR) is 49.6 cm³/mol. The number of rotatable bonds is 8. The molecular weight excluding hydrogens is 172 g/mol. The summed E-state index contributed by atoms with van der Waals surface area (Å²) in [6.45, 7) is 4.91. The third-order valence-corrected chi connectivity index (χ3v) is 1.49. The van der Waals surface area contributed by atoms with Crippen LogP contribution in [0.2, 0.25) is 0 Å². The molecule has 4 heteroatoms. The van der Waals surface area contributed by atoms with Crippen LogP contribution in [0.15, 0.2) is 0 Å². The molecule has 0 aliphatic heterocycles. The van der Waals surface area contributed by atoms with E-state index >= 15 is 0 Å². The van der Waals surface area contributed by atoms with E-state index in [0.717, 1.165) is 6.42 Å². The molecule has 13 heavy (non-hydrogen) atoms. The first-order chi connectivity index (χ1) is 6.20. The molecule has 2 N–H and O–H groups in total. The highest BCUT2D eigenvalue weighted by atomic mass is 16.5. The Kier molecular flexibility index (Phi) is 8.33. The summed E-state index contributed by atoms with van der Waals surface area (Å²) in [4.78, 5) is 0. The summed E-state index contributed by atoms with van der Waals surface area (Å²) >= 11 is 0. The minimum absolute atomic E-state index is 0.0253. The first-order valence-corrected chi connectivity index (χ1v) is 4.69. The van der Waals surface area contributed by atoms with Crippen LogP contribution in [0.3, 0.4) is 0 Å². The molecule has 0 saturated heterocycles. The lowest BCUT2D eigenvalue weighted by molar-refractivity contribution is -0.0516. The quantitative estimate of drug-likeness (QED) is 0.538. The molecule has 0 aliphatic rings. The predicted octanol–water partition coefficient (Wildman–Crippen LogP) is 0.171. The average molecular weight is 192 g/mol. The van der Waals surface area contributed by atoms with Crippen molar-refractivity contribution in [1.82, 2.24) is 0 Å². The van der Waals surface area contributed by atoms with Gasteiger partial charge in [-0.1, -0.05) is 6.92 Å². The van der Waals surface area contributed by atoms with E-state index in [1.807, 2.05) is 6.92 Å². The fourth-order valence-corrected chi connectivity index (χ4v) is 0.740. The molecule has 0 rings (SSSR count). The minimum atomic E-state index is -0.597. The molecule has 0 amide bonds.